The van der Waals surface area contributed by atoms with Crippen LogP contribution in [0.3, 0.4) is 0 Å². The molecule has 0 aromatic rings. The normalized spacial score (nSPS) is 14.5. The first-order chi connectivity index (χ1) is 12.3. The summed E-state index contributed by atoms with van der Waals surface area (Å²) in [5.41, 5.74) is 5.95. The molecule has 26 heavy (non-hydrogen) atoms. The Morgan fingerprint density at radius 3 is 1.50 bits per heavy atom. The predicted molar refractivity (Wildman–Crippen MR) is 119 cm³/mol. The second-order valence-corrected chi connectivity index (χ2v) is 8.24. The highest BCUT2D eigenvalue weighted by atomic mass is 16.3. The third kappa shape index (κ3) is 16.4. The Kier molecular flexibility index (Phi) is 15.5. The van der Waals surface area contributed by atoms with Crippen molar-refractivity contribution in [3.63, 3.8) is 0 Å². The van der Waals surface area contributed by atoms with Crippen molar-refractivity contribution in [3.05, 3.63) is 46.6 Å². The predicted octanol–water partition coefficient (Wildman–Crippen LogP) is 7.93. The average molecular weight is 361 g/mol. The van der Waals surface area contributed by atoms with Crippen LogP contribution in [0.5, 0.6) is 0 Å². The van der Waals surface area contributed by atoms with Gasteiger partial charge in [0.25, 0.3) is 0 Å². The zero-order chi connectivity index (χ0) is 19.8. The highest BCUT2D eigenvalue weighted by Crippen LogP contribution is 2.15. The van der Waals surface area contributed by atoms with Crippen LogP contribution in [0.1, 0.15) is 99.3 Å². The third-order valence-electron chi connectivity index (χ3n) is 4.93. The number of aliphatic hydroxyl groups is 1. The Labute approximate surface area is 164 Å². The Hall–Kier alpha value is -1.08. The lowest BCUT2D eigenvalue weighted by Crippen LogP contribution is -1.97. The third-order valence-corrected chi connectivity index (χ3v) is 4.93. The van der Waals surface area contributed by atoms with Crippen LogP contribution in [-0.4, -0.2) is 11.7 Å². The first-order valence-electron chi connectivity index (χ1n) is 10.6. The molecule has 0 aliphatic heterocycles. The van der Waals surface area contributed by atoms with Gasteiger partial charge in [-0.3, -0.25) is 0 Å². The summed E-state index contributed by atoms with van der Waals surface area (Å²) in [7, 11) is 0. The van der Waals surface area contributed by atoms with Gasteiger partial charge in [0.1, 0.15) is 0 Å². The van der Waals surface area contributed by atoms with Crippen LogP contribution >= 0.6 is 0 Å². The maximum Gasteiger partial charge on any atom is 0.0433 e. The van der Waals surface area contributed by atoms with Crippen molar-refractivity contribution in [1.82, 2.24) is 0 Å². The fourth-order valence-electron chi connectivity index (χ4n) is 2.97. The van der Waals surface area contributed by atoms with E-state index in [0.717, 1.165) is 19.3 Å². The molecular weight excluding hydrogens is 316 g/mol. The van der Waals surface area contributed by atoms with Crippen LogP contribution in [0.25, 0.3) is 0 Å². The highest BCUT2D eigenvalue weighted by Gasteiger charge is 1.99. The van der Waals surface area contributed by atoms with E-state index in [1.54, 1.807) is 0 Å². The van der Waals surface area contributed by atoms with Crippen LogP contribution in [0.2, 0.25) is 0 Å². The van der Waals surface area contributed by atoms with E-state index in [1.807, 2.05) is 0 Å². The molecule has 0 aliphatic carbocycles. The molecule has 0 fully saturated rings. The summed E-state index contributed by atoms with van der Waals surface area (Å²) >= 11 is 0. The van der Waals surface area contributed by atoms with Gasteiger partial charge in [-0.15, -0.1) is 0 Å². The molecular formula is C25H44O. The Balaban J connectivity index is 3.97. The van der Waals surface area contributed by atoms with Gasteiger partial charge >= 0.3 is 0 Å². The summed E-state index contributed by atoms with van der Waals surface area (Å²) in [4.78, 5) is 0. The zero-order valence-corrected chi connectivity index (χ0v) is 18.4. The van der Waals surface area contributed by atoms with Gasteiger partial charge in [0.2, 0.25) is 0 Å². The molecule has 0 aliphatic rings. The zero-order valence-electron chi connectivity index (χ0n) is 18.4. The van der Waals surface area contributed by atoms with Crippen molar-refractivity contribution in [2.24, 2.45) is 5.92 Å². The minimum atomic E-state index is 0.318. The molecule has 0 radical (unpaired) electrons. The number of hydrogen-bond donors (Lipinski definition) is 1. The van der Waals surface area contributed by atoms with Crippen molar-refractivity contribution in [2.75, 3.05) is 6.61 Å². The Bertz CT molecular complexity index is 472. The number of rotatable bonds is 14. The summed E-state index contributed by atoms with van der Waals surface area (Å²) in [6.07, 6.45) is 19.8. The minimum absolute atomic E-state index is 0.318. The van der Waals surface area contributed by atoms with E-state index < -0.39 is 0 Å². The van der Waals surface area contributed by atoms with Crippen molar-refractivity contribution < 1.29 is 5.11 Å². The summed E-state index contributed by atoms with van der Waals surface area (Å²) in [5.74, 6) is 0.629. The van der Waals surface area contributed by atoms with E-state index in [4.69, 9.17) is 5.11 Å². The van der Waals surface area contributed by atoms with Gasteiger partial charge in [-0.1, -0.05) is 53.5 Å². The molecule has 1 nitrogen and oxygen atoms in total. The molecule has 0 saturated heterocycles. The molecule has 0 aromatic carbocycles. The molecule has 0 spiro atoms. The van der Waals surface area contributed by atoms with Gasteiger partial charge in [-0.25, -0.2) is 0 Å². The maximum absolute atomic E-state index is 8.94. The molecule has 0 bridgehead atoms. The lowest BCUT2D eigenvalue weighted by Gasteiger charge is -2.07. The van der Waals surface area contributed by atoms with E-state index in [9.17, 15) is 0 Å². The van der Waals surface area contributed by atoms with Crippen molar-refractivity contribution in [3.8, 4) is 0 Å². The van der Waals surface area contributed by atoms with E-state index in [1.165, 1.54) is 60.8 Å². The molecule has 0 rings (SSSR count). The van der Waals surface area contributed by atoms with Gasteiger partial charge in [-0.2, -0.15) is 0 Å². The monoisotopic (exact) mass is 360 g/mol. The van der Waals surface area contributed by atoms with Gasteiger partial charge in [-0.05, 0) is 98.3 Å². The molecule has 0 aromatic heterocycles. The van der Waals surface area contributed by atoms with Gasteiger partial charge in [0.15, 0.2) is 0 Å². The topological polar surface area (TPSA) is 20.2 Å². The Morgan fingerprint density at radius 2 is 1.08 bits per heavy atom. The van der Waals surface area contributed by atoms with E-state index >= 15 is 0 Å². The van der Waals surface area contributed by atoms with Crippen molar-refractivity contribution in [1.29, 1.82) is 0 Å². The molecule has 1 atom stereocenters. The lowest BCUT2D eigenvalue weighted by molar-refractivity contribution is 0.259. The molecule has 1 unspecified atom stereocenters. The van der Waals surface area contributed by atoms with Crippen molar-refractivity contribution in [2.45, 2.75) is 99.3 Å². The fraction of sp³-hybridized carbons (Fsp3) is 0.680. The minimum Gasteiger partial charge on any atom is -0.396 e. The van der Waals surface area contributed by atoms with Gasteiger partial charge in [0.05, 0.1) is 0 Å². The molecule has 1 N–H and O–H groups in total. The second kappa shape index (κ2) is 16.1. The SMILES string of the molecule is CC(C)=CCC/C(C)=C/CC/C(C)=C/CC/C(C)=C\CCC(C)CCO. The largest absolute Gasteiger partial charge is 0.396 e. The van der Waals surface area contributed by atoms with Crippen LogP contribution in [0, 0.1) is 5.92 Å². The smallest absolute Gasteiger partial charge is 0.0433 e. The Morgan fingerprint density at radius 1 is 0.654 bits per heavy atom. The number of allylic oxidation sites excluding steroid dienone is 8. The summed E-state index contributed by atoms with van der Waals surface area (Å²) in [6.45, 7) is 13.7. The average Bonchev–Trinajstić information content (AvgIpc) is 2.54. The van der Waals surface area contributed by atoms with Gasteiger partial charge < -0.3 is 5.11 Å². The molecule has 150 valence electrons. The van der Waals surface area contributed by atoms with Crippen LogP contribution in [-0.2, 0) is 0 Å². The summed E-state index contributed by atoms with van der Waals surface area (Å²) in [6, 6.07) is 0. The summed E-state index contributed by atoms with van der Waals surface area (Å²) < 4.78 is 0. The lowest BCUT2D eigenvalue weighted by atomic mass is 10.0. The van der Waals surface area contributed by atoms with Crippen LogP contribution < -0.4 is 0 Å². The number of aliphatic hydroxyl groups excluding tert-OH is 1. The van der Waals surface area contributed by atoms with Crippen molar-refractivity contribution >= 4 is 0 Å². The fourth-order valence-corrected chi connectivity index (χ4v) is 2.97. The molecule has 0 amide bonds. The molecule has 0 saturated carbocycles. The second-order valence-electron chi connectivity index (χ2n) is 8.24. The first kappa shape index (κ1) is 24.9. The van der Waals surface area contributed by atoms with Crippen LogP contribution in [0.15, 0.2) is 46.6 Å². The summed E-state index contributed by atoms with van der Waals surface area (Å²) in [5, 5.41) is 8.94. The van der Waals surface area contributed by atoms with Crippen LogP contribution in [0.4, 0.5) is 0 Å². The standard InChI is InChI=1S/C25H44O/c1-21(2)11-7-12-22(3)13-8-14-23(4)15-9-16-24(5)17-10-18-25(6)19-20-26/h11,13,15,17,25-26H,7-10,12,14,16,18-20H2,1-6H3/b22-13+,23-15+,24-17-. The molecule has 1 heteroatoms. The quantitative estimate of drug-likeness (QED) is 0.312. The van der Waals surface area contributed by atoms with E-state index in [0.29, 0.717) is 12.5 Å². The first-order valence-corrected chi connectivity index (χ1v) is 10.6. The van der Waals surface area contributed by atoms with E-state index in [2.05, 4.69) is 65.8 Å². The highest BCUT2D eigenvalue weighted by molar-refractivity contribution is 5.07. The van der Waals surface area contributed by atoms with E-state index in [-0.39, 0.29) is 0 Å². The molecule has 0 heterocycles. The van der Waals surface area contributed by atoms with Gasteiger partial charge in [0, 0.05) is 6.61 Å². The number of hydrogen-bond acceptors (Lipinski definition) is 1. The maximum atomic E-state index is 8.94.